The van der Waals surface area contributed by atoms with Crippen molar-refractivity contribution in [2.24, 2.45) is 0 Å². The van der Waals surface area contributed by atoms with Crippen molar-refractivity contribution in [3.05, 3.63) is 58.7 Å². The molecule has 0 atom stereocenters. The molecule has 0 spiro atoms. The first kappa shape index (κ1) is 25.8. The van der Waals surface area contributed by atoms with Crippen molar-refractivity contribution < 1.29 is 0 Å². The second kappa shape index (κ2) is 10.9. The predicted molar refractivity (Wildman–Crippen MR) is 139 cm³/mol. The molecule has 5 heteroatoms. The van der Waals surface area contributed by atoms with Crippen molar-refractivity contribution >= 4 is 18.4 Å². The summed E-state index contributed by atoms with van der Waals surface area (Å²) >= 11 is 0. The molecular formula is C26H44N4Si. The van der Waals surface area contributed by atoms with Crippen LogP contribution in [0.1, 0.15) is 22.3 Å². The van der Waals surface area contributed by atoms with Crippen LogP contribution in [-0.4, -0.2) is 84.1 Å². The Morgan fingerprint density at radius 2 is 0.677 bits per heavy atom. The number of nitrogens with zero attached hydrogens (tertiary/aromatic N) is 4. The van der Waals surface area contributed by atoms with Crippen molar-refractivity contribution in [2.75, 3.05) is 56.4 Å². The van der Waals surface area contributed by atoms with Crippen LogP contribution in [0.25, 0.3) is 0 Å². The molecule has 0 aromatic heterocycles. The van der Waals surface area contributed by atoms with Crippen LogP contribution in [0.2, 0.25) is 13.1 Å². The molecule has 0 N–H and O–H groups in total. The third-order valence-corrected chi connectivity index (χ3v) is 9.01. The molecule has 0 aliphatic carbocycles. The van der Waals surface area contributed by atoms with E-state index in [1.54, 1.807) is 0 Å². The molecule has 2 rings (SSSR count). The summed E-state index contributed by atoms with van der Waals surface area (Å²) in [7, 11) is 15.4. The number of hydrogen-bond acceptors (Lipinski definition) is 4. The molecule has 31 heavy (non-hydrogen) atoms. The highest BCUT2D eigenvalue weighted by Crippen LogP contribution is 2.16. The maximum atomic E-state index is 2.51. The predicted octanol–water partition coefficient (Wildman–Crippen LogP) is 2.76. The molecule has 0 aliphatic rings. The highest BCUT2D eigenvalue weighted by Gasteiger charge is 2.28. The van der Waals surface area contributed by atoms with Gasteiger partial charge in [-0.1, -0.05) is 59.9 Å². The summed E-state index contributed by atoms with van der Waals surface area (Å²) in [6.07, 6.45) is 0. The van der Waals surface area contributed by atoms with Crippen LogP contribution in [0, 0.1) is 0 Å². The maximum absolute atomic E-state index is 2.51. The molecule has 0 bridgehead atoms. The molecule has 0 heterocycles. The summed E-state index contributed by atoms with van der Waals surface area (Å²) in [6, 6.07) is 14.6. The first-order valence-electron chi connectivity index (χ1n) is 11.2. The monoisotopic (exact) mass is 440 g/mol. The molecule has 0 aliphatic heterocycles. The fraction of sp³-hybridized carbons (Fsp3) is 0.538. The summed E-state index contributed by atoms with van der Waals surface area (Å²) < 4.78 is 0. The Hall–Kier alpha value is -1.50. The fourth-order valence-electron chi connectivity index (χ4n) is 4.24. The zero-order chi connectivity index (χ0) is 23.3. The van der Waals surface area contributed by atoms with E-state index in [1.807, 2.05) is 0 Å². The molecule has 0 saturated carbocycles. The molecular weight excluding hydrogens is 396 g/mol. The van der Waals surface area contributed by atoms with Gasteiger partial charge in [0.2, 0.25) is 0 Å². The minimum Gasteiger partial charge on any atom is -0.305 e. The lowest BCUT2D eigenvalue weighted by atomic mass is 10.1. The van der Waals surface area contributed by atoms with Gasteiger partial charge in [0.1, 0.15) is 8.07 Å². The van der Waals surface area contributed by atoms with Gasteiger partial charge in [-0.15, -0.1) is 0 Å². The molecule has 0 amide bonds. The van der Waals surface area contributed by atoms with E-state index in [0.717, 1.165) is 26.2 Å². The Balaban J connectivity index is 2.58. The van der Waals surface area contributed by atoms with Crippen LogP contribution < -0.4 is 10.4 Å². The zero-order valence-electron chi connectivity index (χ0n) is 21.6. The van der Waals surface area contributed by atoms with E-state index in [0.29, 0.717) is 0 Å². The van der Waals surface area contributed by atoms with Gasteiger partial charge in [-0.3, -0.25) is 0 Å². The van der Waals surface area contributed by atoms with E-state index in [1.165, 1.54) is 32.6 Å². The number of benzene rings is 2. The second-order valence-electron chi connectivity index (χ2n) is 10.7. The molecule has 0 saturated heterocycles. The van der Waals surface area contributed by atoms with Gasteiger partial charge < -0.3 is 19.6 Å². The van der Waals surface area contributed by atoms with Gasteiger partial charge in [0.15, 0.2) is 0 Å². The third kappa shape index (κ3) is 7.85. The summed E-state index contributed by atoms with van der Waals surface area (Å²) in [5.41, 5.74) is 5.66. The first-order chi connectivity index (χ1) is 14.4. The van der Waals surface area contributed by atoms with Crippen LogP contribution in [-0.2, 0) is 26.2 Å². The molecule has 2 aromatic rings. The van der Waals surface area contributed by atoms with Gasteiger partial charge in [0.25, 0.3) is 0 Å². The van der Waals surface area contributed by atoms with Crippen molar-refractivity contribution in [3.63, 3.8) is 0 Å². The lowest BCUT2D eigenvalue weighted by molar-refractivity contribution is 0.396. The molecule has 4 nitrogen and oxygen atoms in total. The minimum atomic E-state index is -1.86. The molecule has 2 aromatic carbocycles. The average molecular weight is 441 g/mol. The Bertz CT molecular complexity index is 730. The minimum absolute atomic E-state index is 0.977. The van der Waals surface area contributed by atoms with Crippen LogP contribution >= 0.6 is 0 Å². The SMILES string of the molecule is CN(C)Cc1cc(CN(C)C)cc([Si](C)(C)c2cc(CN(C)C)cc(CN(C)C)c2)c1. The van der Waals surface area contributed by atoms with Crippen molar-refractivity contribution in [1.29, 1.82) is 0 Å². The Morgan fingerprint density at radius 1 is 0.452 bits per heavy atom. The summed E-state index contributed by atoms with van der Waals surface area (Å²) in [6.45, 7) is 8.93. The first-order valence-corrected chi connectivity index (χ1v) is 14.2. The summed E-state index contributed by atoms with van der Waals surface area (Å²) in [5, 5.41) is 3.06. The van der Waals surface area contributed by atoms with Crippen molar-refractivity contribution in [3.8, 4) is 0 Å². The third-order valence-electron chi connectivity index (χ3n) is 5.54. The van der Waals surface area contributed by atoms with Crippen LogP contribution in [0.15, 0.2) is 36.4 Å². The number of rotatable bonds is 10. The quantitative estimate of drug-likeness (QED) is 0.527. The standard InChI is InChI=1S/C26H44N4Si/c1-27(2)17-21-11-22(18-28(3)4)14-25(13-21)31(9,10)26-15-23(19-29(5)6)12-24(16-26)20-30(7)8/h11-16H,17-20H2,1-10H3. The number of hydrogen-bond donors (Lipinski definition) is 0. The van der Waals surface area contributed by atoms with E-state index >= 15 is 0 Å². The van der Waals surface area contributed by atoms with E-state index in [-0.39, 0.29) is 0 Å². The molecule has 0 fully saturated rings. The highest BCUT2D eigenvalue weighted by molar-refractivity contribution is 7.00. The zero-order valence-corrected chi connectivity index (χ0v) is 22.6. The van der Waals surface area contributed by atoms with Gasteiger partial charge in [-0.25, -0.2) is 0 Å². The lowest BCUT2D eigenvalue weighted by Crippen LogP contribution is -2.53. The Morgan fingerprint density at radius 3 is 0.871 bits per heavy atom. The highest BCUT2D eigenvalue weighted by atomic mass is 28.3. The average Bonchev–Trinajstić information content (AvgIpc) is 2.58. The van der Waals surface area contributed by atoms with E-state index in [9.17, 15) is 0 Å². The van der Waals surface area contributed by atoms with E-state index in [4.69, 9.17) is 0 Å². The van der Waals surface area contributed by atoms with Gasteiger partial charge in [0, 0.05) is 26.2 Å². The van der Waals surface area contributed by atoms with Crippen LogP contribution in [0.5, 0.6) is 0 Å². The smallest absolute Gasteiger partial charge is 0.112 e. The molecule has 0 unspecified atom stereocenters. The Labute approximate surface area is 192 Å². The van der Waals surface area contributed by atoms with Gasteiger partial charge >= 0.3 is 0 Å². The lowest BCUT2D eigenvalue weighted by Gasteiger charge is -2.28. The fourth-order valence-corrected chi connectivity index (χ4v) is 6.76. The summed E-state index contributed by atoms with van der Waals surface area (Å²) in [5.74, 6) is 0. The normalized spacial score (nSPS) is 12.6. The van der Waals surface area contributed by atoms with Crippen LogP contribution in [0.3, 0.4) is 0 Å². The molecule has 0 radical (unpaired) electrons. The van der Waals surface area contributed by atoms with Gasteiger partial charge in [0.05, 0.1) is 0 Å². The Kier molecular flexibility index (Phi) is 9.04. The van der Waals surface area contributed by atoms with Gasteiger partial charge in [-0.05, 0) is 78.6 Å². The maximum Gasteiger partial charge on any atom is 0.112 e. The second-order valence-corrected chi connectivity index (χ2v) is 15.1. The summed E-state index contributed by atoms with van der Waals surface area (Å²) in [4.78, 5) is 9.06. The van der Waals surface area contributed by atoms with Crippen molar-refractivity contribution in [2.45, 2.75) is 39.3 Å². The van der Waals surface area contributed by atoms with Crippen molar-refractivity contribution in [1.82, 2.24) is 19.6 Å². The van der Waals surface area contributed by atoms with Crippen LogP contribution in [0.4, 0.5) is 0 Å². The largest absolute Gasteiger partial charge is 0.305 e. The molecule has 172 valence electrons. The van der Waals surface area contributed by atoms with E-state index < -0.39 is 8.07 Å². The topological polar surface area (TPSA) is 13.0 Å². The van der Waals surface area contributed by atoms with Gasteiger partial charge in [-0.2, -0.15) is 0 Å². The van der Waals surface area contributed by atoms with E-state index in [2.05, 4.69) is 125 Å².